The van der Waals surface area contributed by atoms with Gasteiger partial charge in [-0.25, -0.2) is 4.98 Å². The van der Waals surface area contributed by atoms with Crippen molar-refractivity contribution in [3.05, 3.63) is 11.1 Å². The fourth-order valence-corrected chi connectivity index (χ4v) is 1.89. The number of aliphatic carboxylic acids is 1. The molecule has 0 aliphatic heterocycles. The van der Waals surface area contributed by atoms with Crippen LogP contribution in [-0.4, -0.2) is 53.7 Å². The number of hydrogen-bond donors (Lipinski definition) is 2. The Kier molecular flexibility index (Phi) is 5.53. The maximum Gasteiger partial charge on any atom is 0.323 e. The number of aromatic nitrogens is 1. The number of nitrogens with two attached hydrogens (primary N) is 1. The minimum absolute atomic E-state index is 0.0463. The van der Waals surface area contributed by atoms with Crippen LogP contribution in [0, 0.1) is 0 Å². The predicted octanol–water partition coefficient (Wildman–Crippen LogP) is -0.173. The monoisotopic (exact) mass is 273 g/mol. The zero-order chi connectivity index (χ0) is 13.5. The third kappa shape index (κ3) is 4.68. The van der Waals surface area contributed by atoms with E-state index in [4.69, 9.17) is 15.6 Å². The van der Waals surface area contributed by atoms with Crippen LogP contribution in [0.2, 0.25) is 0 Å². The van der Waals surface area contributed by atoms with Crippen LogP contribution in [0.15, 0.2) is 5.38 Å². The van der Waals surface area contributed by atoms with Gasteiger partial charge < -0.3 is 20.5 Å². The highest BCUT2D eigenvalue weighted by molar-refractivity contribution is 7.13. The van der Waals surface area contributed by atoms with Gasteiger partial charge in [-0.2, -0.15) is 0 Å². The molecule has 0 bridgehead atoms. The highest BCUT2D eigenvalue weighted by Crippen LogP contribution is 2.12. The predicted molar refractivity (Wildman–Crippen MR) is 66.3 cm³/mol. The quantitative estimate of drug-likeness (QED) is 0.714. The van der Waals surface area contributed by atoms with Gasteiger partial charge in [-0.1, -0.05) is 0 Å². The molecule has 18 heavy (non-hydrogen) atoms. The van der Waals surface area contributed by atoms with E-state index in [1.165, 1.54) is 23.3 Å². The second kappa shape index (κ2) is 6.92. The van der Waals surface area contributed by atoms with Crippen LogP contribution in [0.4, 0.5) is 5.13 Å². The third-order valence-corrected chi connectivity index (χ3v) is 2.87. The molecule has 1 aromatic rings. The van der Waals surface area contributed by atoms with Gasteiger partial charge in [-0.15, -0.1) is 11.3 Å². The van der Waals surface area contributed by atoms with Crippen LogP contribution in [0.25, 0.3) is 0 Å². The second-order valence-electron chi connectivity index (χ2n) is 3.56. The number of carbonyl (C=O) groups is 2. The standard InChI is InChI=1S/C10H15N3O4S/c1-17-3-2-13(5-9(15)16)8(14)4-7-6-18-10(11)12-7/h6H,2-5H2,1H3,(H2,11,12)(H,15,16). The summed E-state index contributed by atoms with van der Waals surface area (Å²) in [6.45, 7) is 0.182. The summed E-state index contributed by atoms with van der Waals surface area (Å²) in [6, 6.07) is 0. The Bertz CT molecular complexity index is 421. The number of amides is 1. The van der Waals surface area contributed by atoms with Gasteiger partial charge >= 0.3 is 5.97 Å². The number of anilines is 1. The lowest BCUT2D eigenvalue weighted by Gasteiger charge is -2.19. The molecule has 0 fully saturated rings. The number of carboxylic acid groups (broad SMARTS) is 1. The van der Waals surface area contributed by atoms with Crippen LogP contribution in [0.3, 0.4) is 0 Å². The van der Waals surface area contributed by atoms with E-state index in [0.717, 1.165) is 0 Å². The minimum Gasteiger partial charge on any atom is -0.480 e. The molecular formula is C10H15N3O4S. The largest absolute Gasteiger partial charge is 0.480 e. The van der Waals surface area contributed by atoms with E-state index in [2.05, 4.69) is 4.98 Å². The van der Waals surface area contributed by atoms with E-state index < -0.39 is 5.97 Å². The van der Waals surface area contributed by atoms with E-state index in [9.17, 15) is 9.59 Å². The second-order valence-corrected chi connectivity index (χ2v) is 4.45. The number of carbonyl (C=O) groups excluding carboxylic acids is 1. The summed E-state index contributed by atoms with van der Waals surface area (Å²) in [4.78, 5) is 27.7. The van der Waals surface area contributed by atoms with Crippen molar-refractivity contribution >= 4 is 28.3 Å². The Morgan fingerprint density at radius 1 is 1.61 bits per heavy atom. The molecule has 1 heterocycles. The molecule has 0 saturated carbocycles. The van der Waals surface area contributed by atoms with Gasteiger partial charge in [0, 0.05) is 19.0 Å². The van der Waals surface area contributed by atoms with Crippen molar-refractivity contribution in [2.75, 3.05) is 32.5 Å². The molecule has 0 radical (unpaired) electrons. The number of nitrogen functional groups attached to an aromatic ring is 1. The summed E-state index contributed by atoms with van der Waals surface area (Å²) in [5.74, 6) is -1.36. The van der Waals surface area contributed by atoms with Crippen molar-refractivity contribution in [2.45, 2.75) is 6.42 Å². The third-order valence-electron chi connectivity index (χ3n) is 2.15. The van der Waals surface area contributed by atoms with E-state index >= 15 is 0 Å². The summed E-state index contributed by atoms with van der Waals surface area (Å²) < 4.78 is 4.84. The van der Waals surface area contributed by atoms with Crippen molar-refractivity contribution in [3.63, 3.8) is 0 Å². The molecule has 100 valence electrons. The molecule has 0 spiro atoms. The van der Waals surface area contributed by atoms with Crippen LogP contribution in [0.5, 0.6) is 0 Å². The number of carboxylic acids is 1. The number of rotatable bonds is 7. The first kappa shape index (κ1) is 14.4. The normalized spacial score (nSPS) is 10.3. The first-order valence-corrected chi connectivity index (χ1v) is 6.09. The van der Waals surface area contributed by atoms with Gasteiger partial charge in [0.05, 0.1) is 18.7 Å². The summed E-state index contributed by atoms with van der Waals surface area (Å²) in [5.41, 5.74) is 6.01. The molecule has 3 N–H and O–H groups in total. The number of thiazole rings is 1. The fraction of sp³-hybridized carbons (Fsp3) is 0.500. The van der Waals surface area contributed by atoms with Gasteiger partial charge in [-0.05, 0) is 0 Å². The van der Waals surface area contributed by atoms with E-state index in [0.29, 0.717) is 10.8 Å². The van der Waals surface area contributed by atoms with Crippen molar-refractivity contribution < 1.29 is 19.4 Å². The Balaban J connectivity index is 2.60. The molecule has 1 aromatic heterocycles. The molecule has 0 saturated heterocycles. The first-order valence-electron chi connectivity index (χ1n) is 5.21. The molecule has 8 heteroatoms. The molecular weight excluding hydrogens is 258 g/mol. The number of methoxy groups -OCH3 is 1. The summed E-state index contributed by atoms with van der Waals surface area (Å²) in [6.07, 6.45) is 0.0463. The Labute approximate surface area is 108 Å². The van der Waals surface area contributed by atoms with Gasteiger partial charge in [0.2, 0.25) is 5.91 Å². The summed E-state index contributed by atoms with van der Waals surface area (Å²) >= 11 is 1.24. The molecule has 0 unspecified atom stereocenters. The van der Waals surface area contributed by atoms with Crippen molar-refractivity contribution in [1.82, 2.24) is 9.88 Å². The maximum absolute atomic E-state index is 11.9. The van der Waals surface area contributed by atoms with Crippen LogP contribution >= 0.6 is 11.3 Å². The van der Waals surface area contributed by atoms with Crippen molar-refractivity contribution in [3.8, 4) is 0 Å². The number of ether oxygens (including phenoxy) is 1. The lowest BCUT2D eigenvalue weighted by molar-refractivity contribution is -0.144. The van der Waals surface area contributed by atoms with E-state index in [1.807, 2.05) is 0 Å². The summed E-state index contributed by atoms with van der Waals surface area (Å²) in [7, 11) is 1.49. The van der Waals surface area contributed by atoms with Crippen LogP contribution in [0.1, 0.15) is 5.69 Å². The summed E-state index contributed by atoms with van der Waals surface area (Å²) in [5, 5.41) is 10.8. The molecule has 1 rings (SSSR count). The smallest absolute Gasteiger partial charge is 0.323 e. The first-order chi connectivity index (χ1) is 8.52. The number of nitrogens with zero attached hydrogens (tertiary/aromatic N) is 2. The molecule has 0 aliphatic carbocycles. The van der Waals surface area contributed by atoms with Crippen LogP contribution < -0.4 is 5.73 Å². The van der Waals surface area contributed by atoms with Crippen LogP contribution in [-0.2, 0) is 20.7 Å². The zero-order valence-electron chi connectivity index (χ0n) is 9.96. The van der Waals surface area contributed by atoms with Crippen molar-refractivity contribution in [1.29, 1.82) is 0 Å². The van der Waals surface area contributed by atoms with E-state index in [1.54, 1.807) is 5.38 Å². The molecule has 0 aliphatic rings. The molecule has 7 nitrogen and oxygen atoms in total. The van der Waals surface area contributed by atoms with Gasteiger partial charge in [0.15, 0.2) is 5.13 Å². The van der Waals surface area contributed by atoms with Crippen molar-refractivity contribution in [2.24, 2.45) is 0 Å². The zero-order valence-corrected chi connectivity index (χ0v) is 10.8. The average Bonchev–Trinajstić information content (AvgIpc) is 2.69. The molecule has 0 aromatic carbocycles. The van der Waals surface area contributed by atoms with Gasteiger partial charge in [-0.3, -0.25) is 9.59 Å². The van der Waals surface area contributed by atoms with E-state index in [-0.39, 0.29) is 32.0 Å². The van der Waals surface area contributed by atoms with Gasteiger partial charge in [0.25, 0.3) is 0 Å². The lowest BCUT2D eigenvalue weighted by atomic mass is 10.3. The molecule has 0 atom stereocenters. The maximum atomic E-state index is 11.9. The highest BCUT2D eigenvalue weighted by Gasteiger charge is 2.17. The Morgan fingerprint density at radius 3 is 2.83 bits per heavy atom. The molecule has 1 amide bonds. The lowest BCUT2D eigenvalue weighted by Crippen LogP contribution is -2.38. The minimum atomic E-state index is -1.06. The number of hydrogen-bond acceptors (Lipinski definition) is 6. The fourth-order valence-electron chi connectivity index (χ4n) is 1.33. The Morgan fingerprint density at radius 2 is 2.33 bits per heavy atom. The Hall–Kier alpha value is -1.67. The topological polar surface area (TPSA) is 106 Å². The van der Waals surface area contributed by atoms with Gasteiger partial charge in [0.1, 0.15) is 6.54 Å². The SMILES string of the molecule is COCCN(CC(=O)O)C(=O)Cc1csc(N)n1. The average molecular weight is 273 g/mol. The highest BCUT2D eigenvalue weighted by atomic mass is 32.1.